The highest BCUT2D eigenvalue weighted by atomic mass is 32.1. The smallest absolute Gasteiger partial charge is 0.334 e. The van der Waals surface area contributed by atoms with Crippen LogP contribution in [-0.2, 0) is 19.1 Å². The van der Waals surface area contributed by atoms with Gasteiger partial charge in [0.1, 0.15) is 5.60 Å². The fourth-order valence-corrected chi connectivity index (χ4v) is 1.18. The largest absolute Gasteiger partial charge is 0.467 e. The van der Waals surface area contributed by atoms with Gasteiger partial charge in [-0.15, -0.1) is 0 Å². The average Bonchev–Trinajstić information content (AvgIpc) is 2.24. The first-order valence-electron chi connectivity index (χ1n) is 5.27. The van der Waals surface area contributed by atoms with Crippen molar-refractivity contribution in [2.45, 2.75) is 38.8 Å². The van der Waals surface area contributed by atoms with Crippen LogP contribution in [0.1, 0.15) is 27.2 Å². The molecule has 0 rings (SSSR count). The minimum absolute atomic E-state index is 0.00870. The van der Waals surface area contributed by atoms with E-state index >= 15 is 0 Å². The zero-order chi connectivity index (χ0) is 14.3. The van der Waals surface area contributed by atoms with E-state index in [-0.39, 0.29) is 12.0 Å². The Morgan fingerprint density at radius 3 is 2.39 bits per heavy atom. The van der Waals surface area contributed by atoms with Gasteiger partial charge in [0.05, 0.1) is 12.3 Å². The van der Waals surface area contributed by atoms with Gasteiger partial charge in [-0.3, -0.25) is 0 Å². The Morgan fingerprint density at radius 1 is 1.44 bits per heavy atom. The number of methoxy groups -OCH3 is 1. The minimum Gasteiger partial charge on any atom is -0.467 e. The molecule has 0 aromatic rings. The van der Waals surface area contributed by atoms with Gasteiger partial charge in [-0.2, -0.15) is 0 Å². The molecule has 1 atom stereocenters. The molecule has 0 aliphatic rings. The van der Waals surface area contributed by atoms with E-state index in [1.807, 2.05) is 0 Å². The lowest BCUT2D eigenvalue weighted by Gasteiger charge is -2.20. The lowest BCUT2D eigenvalue weighted by Crippen LogP contribution is -2.27. The number of carbonyl (C=O) groups is 2. The summed E-state index contributed by atoms with van der Waals surface area (Å²) >= 11 is 4.43. The van der Waals surface area contributed by atoms with E-state index in [9.17, 15) is 9.59 Å². The molecule has 5 nitrogen and oxygen atoms in total. The summed E-state index contributed by atoms with van der Waals surface area (Å²) < 4.78 is 9.65. The van der Waals surface area contributed by atoms with Crippen LogP contribution in [0, 0.1) is 0 Å². The average molecular weight is 271 g/mol. The van der Waals surface area contributed by atoms with Gasteiger partial charge < -0.3 is 9.47 Å². The number of carbonyl (C=O) groups excluding carboxylic acids is 2. The highest BCUT2D eigenvalue weighted by Crippen LogP contribution is 2.15. The van der Waals surface area contributed by atoms with Crippen molar-refractivity contribution >= 4 is 29.3 Å². The van der Waals surface area contributed by atoms with Crippen LogP contribution >= 0.6 is 12.2 Å². The second-order valence-electron chi connectivity index (χ2n) is 4.57. The summed E-state index contributed by atoms with van der Waals surface area (Å²) in [7, 11) is 1.23. The predicted molar refractivity (Wildman–Crippen MR) is 70.4 cm³/mol. The standard InChI is InChI=1S/C12H17NO4S/c1-8(10(14)17-12(2,3)4)6-9(13-7-18)11(15)16-5/h9H,1,6H2,2-5H3. The third kappa shape index (κ3) is 6.27. The van der Waals surface area contributed by atoms with Gasteiger partial charge >= 0.3 is 11.9 Å². The molecule has 0 fully saturated rings. The molecule has 0 aliphatic carbocycles. The lowest BCUT2D eigenvalue weighted by molar-refractivity contribution is -0.150. The van der Waals surface area contributed by atoms with Crippen molar-refractivity contribution in [1.29, 1.82) is 0 Å². The summed E-state index contributed by atoms with van der Waals surface area (Å²) in [5.41, 5.74) is -0.483. The maximum Gasteiger partial charge on any atom is 0.334 e. The summed E-state index contributed by atoms with van der Waals surface area (Å²) in [6, 6.07) is -0.910. The van der Waals surface area contributed by atoms with E-state index in [4.69, 9.17) is 4.74 Å². The molecule has 0 radical (unpaired) electrons. The van der Waals surface area contributed by atoms with Gasteiger partial charge in [0, 0.05) is 12.0 Å². The minimum atomic E-state index is -0.910. The summed E-state index contributed by atoms with van der Waals surface area (Å²) in [5.74, 6) is -1.17. The van der Waals surface area contributed by atoms with E-state index in [2.05, 4.69) is 33.7 Å². The maximum atomic E-state index is 11.6. The van der Waals surface area contributed by atoms with Crippen LogP contribution < -0.4 is 0 Å². The highest BCUT2D eigenvalue weighted by molar-refractivity contribution is 7.78. The SMILES string of the molecule is C=C(CC(N=C=S)C(=O)OC)C(=O)OC(C)(C)C. The molecule has 100 valence electrons. The van der Waals surface area contributed by atoms with Crippen LogP contribution in [0.4, 0.5) is 0 Å². The highest BCUT2D eigenvalue weighted by Gasteiger charge is 2.24. The molecule has 0 saturated carbocycles. The number of thiocarbonyl (C=S) groups is 1. The van der Waals surface area contributed by atoms with Crippen molar-refractivity contribution in [1.82, 2.24) is 0 Å². The number of isothiocyanates is 1. The van der Waals surface area contributed by atoms with E-state index in [0.717, 1.165) is 0 Å². The normalized spacial score (nSPS) is 12.0. The molecule has 0 N–H and O–H groups in total. The van der Waals surface area contributed by atoms with Crippen LogP contribution in [-0.4, -0.2) is 35.9 Å². The number of aliphatic imine (C=N–C) groups is 1. The van der Waals surface area contributed by atoms with Crippen molar-refractivity contribution in [3.05, 3.63) is 12.2 Å². The maximum absolute atomic E-state index is 11.6. The summed E-state index contributed by atoms with van der Waals surface area (Å²) in [4.78, 5) is 26.6. The Hall–Kier alpha value is -1.52. The number of rotatable bonds is 5. The van der Waals surface area contributed by atoms with E-state index in [1.165, 1.54) is 7.11 Å². The molecule has 0 aromatic carbocycles. The van der Waals surface area contributed by atoms with E-state index in [1.54, 1.807) is 20.8 Å². The first-order valence-corrected chi connectivity index (χ1v) is 5.68. The molecule has 0 saturated heterocycles. The molecule has 18 heavy (non-hydrogen) atoms. The van der Waals surface area contributed by atoms with E-state index < -0.39 is 23.6 Å². The number of esters is 2. The third-order valence-corrected chi connectivity index (χ3v) is 1.91. The van der Waals surface area contributed by atoms with Gasteiger partial charge in [0.2, 0.25) is 0 Å². The van der Waals surface area contributed by atoms with Gasteiger partial charge in [-0.25, -0.2) is 14.6 Å². The van der Waals surface area contributed by atoms with Crippen molar-refractivity contribution in [3.63, 3.8) is 0 Å². The monoisotopic (exact) mass is 271 g/mol. The summed E-state index contributed by atoms with van der Waals surface area (Å²) in [6.07, 6.45) is -0.00870. The fourth-order valence-electron chi connectivity index (χ4n) is 1.05. The fraction of sp³-hybridized carbons (Fsp3) is 0.583. The number of hydrogen-bond acceptors (Lipinski definition) is 6. The summed E-state index contributed by atoms with van der Waals surface area (Å²) in [6.45, 7) is 8.80. The second kappa shape index (κ2) is 7.03. The number of nitrogens with zero attached hydrogens (tertiary/aromatic N) is 1. The molecular formula is C12H17NO4S. The van der Waals surface area contributed by atoms with Crippen molar-refractivity contribution < 1.29 is 19.1 Å². The second-order valence-corrected chi connectivity index (χ2v) is 4.75. The zero-order valence-electron chi connectivity index (χ0n) is 11.0. The molecule has 0 aliphatic heterocycles. The van der Waals surface area contributed by atoms with Crippen molar-refractivity contribution in [2.24, 2.45) is 4.99 Å². The third-order valence-electron chi connectivity index (χ3n) is 1.81. The number of ether oxygens (including phenoxy) is 2. The first-order chi connectivity index (χ1) is 8.21. The van der Waals surface area contributed by atoms with Crippen molar-refractivity contribution in [2.75, 3.05) is 7.11 Å². The Kier molecular flexibility index (Phi) is 6.44. The summed E-state index contributed by atoms with van der Waals surface area (Å²) in [5, 5.41) is 2.09. The van der Waals surface area contributed by atoms with E-state index in [0.29, 0.717) is 0 Å². The zero-order valence-corrected chi connectivity index (χ0v) is 11.8. The van der Waals surface area contributed by atoms with Crippen molar-refractivity contribution in [3.8, 4) is 0 Å². The predicted octanol–water partition coefficient (Wildman–Crippen LogP) is 1.92. The Labute approximate surface area is 112 Å². The first kappa shape index (κ1) is 16.5. The topological polar surface area (TPSA) is 65.0 Å². The Bertz CT molecular complexity index is 391. The Morgan fingerprint density at radius 2 is 2.00 bits per heavy atom. The Balaban J connectivity index is 4.66. The van der Waals surface area contributed by atoms with Crippen LogP contribution in [0.25, 0.3) is 0 Å². The van der Waals surface area contributed by atoms with Crippen LogP contribution in [0.2, 0.25) is 0 Å². The quantitative estimate of drug-likeness (QED) is 0.331. The van der Waals surface area contributed by atoms with Crippen LogP contribution in [0.15, 0.2) is 17.1 Å². The lowest BCUT2D eigenvalue weighted by atomic mass is 10.1. The van der Waals surface area contributed by atoms with Gasteiger partial charge in [-0.1, -0.05) is 6.58 Å². The molecule has 0 aromatic heterocycles. The molecular weight excluding hydrogens is 254 g/mol. The van der Waals surface area contributed by atoms with Crippen LogP contribution in [0.5, 0.6) is 0 Å². The van der Waals surface area contributed by atoms with Gasteiger partial charge in [0.15, 0.2) is 6.04 Å². The number of hydrogen-bond donors (Lipinski definition) is 0. The molecule has 1 unspecified atom stereocenters. The van der Waals surface area contributed by atoms with Gasteiger partial charge in [-0.05, 0) is 33.0 Å². The van der Waals surface area contributed by atoms with Crippen LogP contribution in [0.3, 0.4) is 0 Å². The molecule has 0 bridgehead atoms. The molecule has 0 amide bonds. The molecule has 0 spiro atoms. The molecule has 0 heterocycles. The molecule has 6 heteroatoms. The van der Waals surface area contributed by atoms with Gasteiger partial charge in [0.25, 0.3) is 0 Å².